The quantitative estimate of drug-likeness (QED) is 0.300. The Bertz CT molecular complexity index is 312. The summed E-state index contributed by atoms with van der Waals surface area (Å²) in [7, 11) is 0. The van der Waals surface area contributed by atoms with Crippen LogP contribution in [0.25, 0.3) is 0 Å². The number of nitrogens with zero attached hydrogens (tertiary/aromatic N) is 2. The fourth-order valence-corrected chi connectivity index (χ4v) is 2.08. The van der Waals surface area contributed by atoms with E-state index in [4.69, 9.17) is 37.2 Å². The molecule has 1 fully saturated rings. The van der Waals surface area contributed by atoms with Crippen LogP contribution in [0.3, 0.4) is 0 Å². The van der Waals surface area contributed by atoms with E-state index in [1.165, 1.54) is 6.92 Å². The lowest BCUT2D eigenvalue weighted by atomic mass is 10.1. The van der Waals surface area contributed by atoms with E-state index in [1.54, 1.807) is 0 Å². The molecule has 0 aromatic heterocycles. The zero-order valence-corrected chi connectivity index (χ0v) is 11.8. The monoisotopic (exact) mass is 332 g/mol. The fraction of sp³-hybridized carbons (Fsp3) is 0.889. The van der Waals surface area contributed by atoms with E-state index in [1.807, 2.05) is 0 Å². The Morgan fingerprint density at radius 3 is 2.05 bits per heavy atom. The number of halogens is 1. The molecule has 0 amide bonds. The first kappa shape index (κ1) is 18.3. The summed E-state index contributed by atoms with van der Waals surface area (Å²) in [5.74, 6) is -0.280. The van der Waals surface area contributed by atoms with Crippen LogP contribution in [0.4, 0.5) is 4.79 Å². The number of rotatable bonds is 7. The number of hydrogen-bond acceptors (Lipinski definition) is 11. The van der Waals surface area contributed by atoms with Gasteiger partial charge in [0.1, 0.15) is 12.2 Å². The highest BCUT2D eigenvalue weighted by molar-refractivity contribution is 6.19. The van der Waals surface area contributed by atoms with E-state index < -0.39 is 34.7 Å². The summed E-state index contributed by atoms with van der Waals surface area (Å²) in [6.07, 6.45) is -2.31. The predicted molar refractivity (Wildman–Crippen MR) is 61.0 cm³/mol. The lowest BCUT2D eigenvalue weighted by Gasteiger charge is -2.20. The molecule has 0 aromatic carbocycles. The van der Waals surface area contributed by atoms with Crippen LogP contribution < -0.4 is 0 Å². The summed E-state index contributed by atoms with van der Waals surface area (Å²) in [6.45, 7) is 1.39. The fourth-order valence-electron chi connectivity index (χ4n) is 2.01. The van der Waals surface area contributed by atoms with E-state index in [0.29, 0.717) is 0 Å². The van der Waals surface area contributed by atoms with Crippen molar-refractivity contribution < 1.29 is 44.8 Å². The molecule has 1 unspecified atom stereocenters. The van der Waals surface area contributed by atoms with E-state index >= 15 is 0 Å². The zero-order chi connectivity index (χ0) is 16.0. The van der Waals surface area contributed by atoms with Gasteiger partial charge in [0.25, 0.3) is 0 Å². The number of alkyl halides is 1. The third kappa shape index (κ3) is 7.17. The molecule has 0 spiro atoms. The summed E-state index contributed by atoms with van der Waals surface area (Å²) < 4.78 is 9.37. The van der Waals surface area contributed by atoms with Crippen molar-refractivity contribution in [3.8, 4) is 0 Å². The molecule has 1 aliphatic carbocycles. The highest BCUT2D eigenvalue weighted by atomic mass is 35.5. The van der Waals surface area contributed by atoms with Gasteiger partial charge < -0.3 is 9.47 Å². The summed E-state index contributed by atoms with van der Waals surface area (Å²) in [5.41, 5.74) is -0.831. The molecule has 0 radical (unpaired) electrons. The van der Waals surface area contributed by atoms with E-state index in [9.17, 15) is 4.79 Å². The topological polar surface area (TPSA) is 141 Å². The van der Waals surface area contributed by atoms with Gasteiger partial charge in [0.15, 0.2) is 5.56 Å². The van der Waals surface area contributed by atoms with Gasteiger partial charge in [-0.15, -0.1) is 0 Å². The Labute approximate surface area is 124 Å². The zero-order valence-electron chi connectivity index (χ0n) is 11.0. The highest BCUT2D eigenvalue weighted by Gasteiger charge is 2.39. The van der Waals surface area contributed by atoms with Crippen LogP contribution >= 0.6 is 11.6 Å². The molecule has 12 heteroatoms. The Balaban J connectivity index is 2.44. The smallest absolute Gasteiger partial charge is 0.434 e. The Kier molecular flexibility index (Phi) is 7.51. The third-order valence-corrected chi connectivity index (χ3v) is 2.79. The molecule has 0 saturated heterocycles. The maximum Gasteiger partial charge on any atom is 0.509 e. The second-order valence-corrected chi connectivity index (χ2v) is 4.97. The van der Waals surface area contributed by atoms with Crippen molar-refractivity contribution in [2.75, 3.05) is 6.61 Å². The minimum absolute atomic E-state index is 0.0596. The number of ether oxygens (including phenoxy) is 2. The average molecular weight is 333 g/mol. The first-order valence-electron chi connectivity index (χ1n) is 5.94. The van der Waals surface area contributed by atoms with Crippen LogP contribution in [0.2, 0.25) is 0 Å². The lowest BCUT2D eigenvalue weighted by Crippen LogP contribution is -2.35. The van der Waals surface area contributed by atoms with Gasteiger partial charge >= 0.3 is 6.16 Å². The van der Waals surface area contributed by atoms with Crippen molar-refractivity contribution in [2.24, 2.45) is 5.92 Å². The van der Waals surface area contributed by atoms with Crippen LogP contribution in [-0.4, -0.2) is 62.1 Å². The third-order valence-electron chi connectivity index (χ3n) is 2.70. The van der Waals surface area contributed by atoms with Crippen LogP contribution in [-0.2, 0) is 19.1 Å². The molecule has 1 aliphatic rings. The van der Waals surface area contributed by atoms with Crippen molar-refractivity contribution in [3.63, 3.8) is 0 Å². The van der Waals surface area contributed by atoms with Crippen LogP contribution in [0.5, 0.6) is 0 Å². The SMILES string of the molecule is CC(Cl)OC(=O)OC[C@@H]1C[C@H](ON(O)O)[C@H](ON(O)O)C1. The van der Waals surface area contributed by atoms with Gasteiger partial charge in [-0.1, -0.05) is 11.6 Å². The molecule has 11 nitrogen and oxygen atoms in total. The Hall–Kier alpha value is -0.760. The van der Waals surface area contributed by atoms with Crippen molar-refractivity contribution >= 4 is 17.8 Å². The number of hydrogen-bond donors (Lipinski definition) is 4. The largest absolute Gasteiger partial charge is 0.509 e. The van der Waals surface area contributed by atoms with Crippen molar-refractivity contribution in [1.82, 2.24) is 10.8 Å². The van der Waals surface area contributed by atoms with Crippen LogP contribution in [0, 0.1) is 5.92 Å². The molecular weight excluding hydrogens is 316 g/mol. The summed E-state index contributed by atoms with van der Waals surface area (Å²) >= 11 is 5.44. The number of carbonyl (C=O) groups is 1. The van der Waals surface area contributed by atoms with Crippen molar-refractivity contribution in [3.05, 3.63) is 0 Å². The lowest BCUT2D eigenvalue weighted by molar-refractivity contribution is -0.535. The van der Waals surface area contributed by atoms with Gasteiger partial charge in [0.05, 0.1) is 17.4 Å². The Morgan fingerprint density at radius 2 is 1.67 bits per heavy atom. The summed E-state index contributed by atoms with van der Waals surface area (Å²) in [6, 6.07) is 0. The normalized spacial score (nSPS) is 27.1. The second kappa shape index (κ2) is 8.63. The molecule has 0 heterocycles. The molecule has 124 valence electrons. The summed E-state index contributed by atoms with van der Waals surface area (Å²) in [4.78, 5) is 20.4. The molecule has 0 bridgehead atoms. The summed E-state index contributed by atoms with van der Waals surface area (Å²) in [5, 5.41) is 33.5. The standard InChI is InChI=1S/C9H17ClN2O9/c1-5(10)19-9(13)18-4-6-2-7(20-11(14)15)8(3-6)21-12(16)17/h5-8,14-17H,2-4H2,1H3/t5?,6-,7+,8-. The van der Waals surface area contributed by atoms with E-state index in [0.717, 1.165) is 0 Å². The van der Waals surface area contributed by atoms with E-state index in [-0.39, 0.29) is 25.4 Å². The second-order valence-electron chi connectivity index (χ2n) is 4.35. The van der Waals surface area contributed by atoms with Gasteiger partial charge in [-0.2, -0.15) is 0 Å². The molecule has 1 saturated carbocycles. The van der Waals surface area contributed by atoms with Crippen molar-refractivity contribution in [2.45, 2.75) is 37.5 Å². The van der Waals surface area contributed by atoms with E-state index in [2.05, 4.69) is 14.4 Å². The molecule has 21 heavy (non-hydrogen) atoms. The molecule has 0 aliphatic heterocycles. The first-order chi connectivity index (χ1) is 9.77. The van der Waals surface area contributed by atoms with Crippen molar-refractivity contribution in [1.29, 1.82) is 0 Å². The first-order valence-corrected chi connectivity index (χ1v) is 6.38. The predicted octanol–water partition coefficient (Wildman–Crippen LogP) is 0.896. The van der Waals surface area contributed by atoms with Gasteiger partial charge in [-0.25, -0.2) is 14.5 Å². The minimum Gasteiger partial charge on any atom is -0.434 e. The van der Waals surface area contributed by atoms with Crippen LogP contribution in [0.1, 0.15) is 19.8 Å². The maximum atomic E-state index is 11.2. The molecule has 0 aromatic rings. The molecule has 1 rings (SSSR count). The van der Waals surface area contributed by atoms with Crippen LogP contribution in [0.15, 0.2) is 0 Å². The maximum absolute atomic E-state index is 11.2. The highest BCUT2D eigenvalue weighted by Crippen LogP contribution is 2.31. The Morgan fingerprint density at radius 1 is 1.19 bits per heavy atom. The molecular formula is C9H17ClN2O9. The van der Waals surface area contributed by atoms with Gasteiger partial charge in [-0.05, 0) is 25.7 Å². The molecule has 4 N–H and O–H groups in total. The van der Waals surface area contributed by atoms with Gasteiger partial charge in [0.2, 0.25) is 0 Å². The number of carbonyl (C=O) groups excluding carboxylic acids is 1. The average Bonchev–Trinajstić information content (AvgIpc) is 2.66. The van der Waals surface area contributed by atoms with Gasteiger partial charge in [-0.3, -0.25) is 20.8 Å². The van der Waals surface area contributed by atoms with Gasteiger partial charge in [0, 0.05) is 0 Å². The molecule has 4 atom stereocenters. The minimum atomic E-state index is -0.948.